The molecule has 2 aromatic heterocycles. The van der Waals surface area contributed by atoms with E-state index in [1.54, 1.807) is 28.3 Å². The van der Waals surface area contributed by atoms with Crippen LogP contribution in [0.25, 0.3) is 0 Å². The molecule has 6 nitrogen and oxygen atoms in total. The van der Waals surface area contributed by atoms with E-state index in [4.69, 9.17) is 0 Å². The van der Waals surface area contributed by atoms with Crippen LogP contribution in [-0.2, 0) is 7.05 Å². The topological polar surface area (TPSA) is 54.3 Å². The van der Waals surface area contributed by atoms with Crippen molar-refractivity contribution in [1.29, 1.82) is 0 Å². The molecule has 0 N–H and O–H groups in total. The predicted octanol–water partition coefficient (Wildman–Crippen LogP) is 1.54. The Hall–Kier alpha value is -1.89. The van der Waals surface area contributed by atoms with E-state index in [0.717, 1.165) is 31.2 Å². The van der Waals surface area contributed by atoms with Crippen molar-refractivity contribution >= 4 is 22.4 Å². The maximum Gasteiger partial charge on any atom is 0.274 e. The number of nitrogens with zero attached hydrogens (tertiary/aromatic N) is 5. The Bertz CT molecular complexity index is 635. The fraction of sp³-hybridized carbons (Fsp3) is 0.500. The van der Waals surface area contributed by atoms with Gasteiger partial charge in [0.25, 0.3) is 5.91 Å². The quantitative estimate of drug-likeness (QED) is 0.844. The smallest absolute Gasteiger partial charge is 0.274 e. The van der Waals surface area contributed by atoms with E-state index >= 15 is 0 Å². The molecule has 0 spiro atoms. The Kier molecular flexibility index (Phi) is 3.92. The molecule has 3 heterocycles. The van der Waals surface area contributed by atoms with Crippen molar-refractivity contribution in [3.05, 3.63) is 29.0 Å². The largest absolute Gasteiger partial charge is 0.346 e. The number of hydrogen-bond donors (Lipinski definition) is 0. The van der Waals surface area contributed by atoms with E-state index in [0.29, 0.717) is 12.2 Å². The minimum atomic E-state index is 0.0211. The van der Waals surface area contributed by atoms with Crippen molar-refractivity contribution in [3.8, 4) is 0 Å². The van der Waals surface area contributed by atoms with E-state index in [-0.39, 0.29) is 5.91 Å². The monoisotopic (exact) mass is 305 g/mol. The van der Waals surface area contributed by atoms with Crippen molar-refractivity contribution < 1.29 is 4.79 Å². The Balaban J connectivity index is 1.67. The molecule has 3 rings (SSSR count). The van der Waals surface area contributed by atoms with Gasteiger partial charge in [0, 0.05) is 50.5 Å². The lowest BCUT2D eigenvalue weighted by Crippen LogP contribution is -2.35. The molecular formula is C14H19N5OS. The number of hydrogen-bond acceptors (Lipinski definition) is 5. The first kappa shape index (κ1) is 14.1. The summed E-state index contributed by atoms with van der Waals surface area (Å²) in [5.74, 6) is 0.0211. The number of anilines is 1. The summed E-state index contributed by atoms with van der Waals surface area (Å²) < 4.78 is 1.66. The molecule has 0 bridgehead atoms. The SMILES string of the molecule is Cc1cnc(N2CCCN(C(=O)c3ccn(C)n3)CC2)s1. The highest BCUT2D eigenvalue weighted by Gasteiger charge is 2.22. The zero-order chi connectivity index (χ0) is 14.8. The summed E-state index contributed by atoms with van der Waals surface area (Å²) in [5, 5.41) is 5.25. The van der Waals surface area contributed by atoms with Gasteiger partial charge in [-0.15, -0.1) is 11.3 Å². The molecule has 1 amide bonds. The second-order valence-corrected chi connectivity index (χ2v) is 6.47. The van der Waals surface area contributed by atoms with Gasteiger partial charge in [0.15, 0.2) is 5.13 Å². The Morgan fingerprint density at radius 3 is 2.81 bits per heavy atom. The van der Waals surface area contributed by atoms with Crippen LogP contribution in [-0.4, -0.2) is 51.8 Å². The molecule has 0 unspecified atom stereocenters. The summed E-state index contributed by atoms with van der Waals surface area (Å²) in [5.41, 5.74) is 0.524. The number of rotatable bonds is 2. The first-order valence-corrected chi connectivity index (χ1v) is 7.91. The van der Waals surface area contributed by atoms with Gasteiger partial charge in [0.2, 0.25) is 0 Å². The average molecular weight is 305 g/mol. The van der Waals surface area contributed by atoms with Crippen LogP contribution in [0.15, 0.2) is 18.5 Å². The summed E-state index contributed by atoms with van der Waals surface area (Å²) in [6.07, 6.45) is 4.66. The highest BCUT2D eigenvalue weighted by molar-refractivity contribution is 7.15. The fourth-order valence-corrected chi connectivity index (χ4v) is 3.30. The van der Waals surface area contributed by atoms with Gasteiger partial charge < -0.3 is 9.80 Å². The van der Waals surface area contributed by atoms with E-state index in [2.05, 4.69) is 21.9 Å². The van der Waals surface area contributed by atoms with Gasteiger partial charge >= 0.3 is 0 Å². The number of aromatic nitrogens is 3. The Morgan fingerprint density at radius 2 is 2.14 bits per heavy atom. The molecule has 0 radical (unpaired) electrons. The van der Waals surface area contributed by atoms with Crippen LogP contribution in [0.1, 0.15) is 21.8 Å². The van der Waals surface area contributed by atoms with Gasteiger partial charge in [-0.1, -0.05) is 0 Å². The second-order valence-electron chi connectivity index (χ2n) is 5.26. The molecule has 0 atom stereocenters. The summed E-state index contributed by atoms with van der Waals surface area (Å²) in [6.45, 7) is 5.32. The molecule has 112 valence electrons. The first-order valence-electron chi connectivity index (χ1n) is 7.10. The zero-order valence-corrected chi connectivity index (χ0v) is 13.1. The molecule has 0 aliphatic carbocycles. The maximum absolute atomic E-state index is 12.4. The highest BCUT2D eigenvalue weighted by atomic mass is 32.1. The van der Waals surface area contributed by atoms with Gasteiger partial charge in [-0.05, 0) is 19.4 Å². The predicted molar refractivity (Wildman–Crippen MR) is 82.8 cm³/mol. The molecular weight excluding hydrogens is 286 g/mol. The normalized spacial score (nSPS) is 16.1. The van der Waals surface area contributed by atoms with Crippen LogP contribution in [0.2, 0.25) is 0 Å². The Morgan fingerprint density at radius 1 is 1.29 bits per heavy atom. The fourth-order valence-electron chi connectivity index (χ4n) is 2.49. The van der Waals surface area contributed by atoms with E-state index in [1.807, 2.05) is 18.1 Å². The summed E-state index contributed by atoms with van der Waals surface area (Å²) >= 11 is 1.71. The number of carbonyl (C=O) groups excluding carboxylic acids is 1. The third kappa shape index (κ3) is 3.07. The van der Waals surface area contributed by atoms with Crippen LogP contribution < -0.4 is 4.90 Å². The molecule has 1 aliphatic rings. The number of aryl methyl sites for hydroxylation is 2. The lowest BCUT2D eigenvalue weighted by molar-refractivity contribution is 0.0760. The molecule has 1 fully saturated rings. The third-order valence-electron chi connectivity index (χ3n) is 3.60. The van der Waals surface area contributed by atoms with E-state index in [9.17, 15) is 4.79 Å². The number of amides is 1. The van der Waals surface area contributed by atoms with Crippen molar-refractivity contribution in [2.75, 3.05) is 31.1 Å². The van der Waals surface area contributed by atoms with Crippen molar-refractivity contribution in [2.45, 2.75) is 13.3 Å². The Labute approximate surface area is 128 Å². The average Bonchev–Trinajstić information content (AvgIpc) is 3.00. The summed E-state index contributed by atoms with van der Waals surface area (Å²) in [7, 11) is 1.83. The van der Waals surface area contributed by atoms with Crippen LogP contribution in [0.4, 0.5) is 5.13 Å². The number of carbonyl (C=O) groups is 1. The summed E-state index contributed by atoms with van der Waals surface area (Å²) in [6, 6.07) is 1.77. The van der Waals surface area contributed by atoms with Gasteiger partial charge in [-0.2, -0.15) is 5.10 Å². The van der Waals surface area contributed by atoms with Crippen LogP contribution in [0, 0.1) is 6.92 Å². The van der Waals surface area contributed by atoms with E-state index in [1.165, 1.54) is 4.88 Å². The minimum Gasteiger partial charge on any atom is -0.346 e. The van der Waals surface area contributed by atoms with Gasteiger partial charge in [0.05, 0.1) is 0 Å². The molecule has 2 aromatic rings. The van der Waals surface area contributed by atoms with Crippen LogP contribution >= 0.6 is 11.3 Å². The van der Waals surface area contributed by atoms with Gasteiger partial charge in [-0.3, -0.25) is 9.48 Å². The maximum atomic E-state index is 12.4. The molecule has 1 saturated heterocycles. The van der Waals surface area contributed by atoms with Gasteiger partial charge in [0.1, 0.15) is 5.69 Å². The molecule has 7 heteroatoms. The lowest BCUT2D eigenvalue weighted by atomic mass is 10.3. The standard InChI is InChI=1S/C14H19N5OS/c1-11-10-15-14(21-11)19-6-3-5-18(8-9-19)13(20)12-4-7-17(2)16-12/h4,7,10H,3,5-6,8-9H2,1-2H3. The minimum absolute atomic E-state index is 0.0211. The number of thiazole rings is 1. The lowest BCUT2D eigenvalue weighted by Gasteiger charge is -2.21. The van der Waals surface area contributed by atoms with Crippen molar-refractivity contribution in [3.63, 3.8) is 0 Å². The highest BCUT2D eigenvalue weighted by Crippen LogP contribution is 2.23. The first-order chi connectivity index (χ1) is 10.1. The molecule has 0 saturated carbocycles. The molecule has 1 aliphatic heterocycles. The van der Waals surface area contributed by atoms with Gasteiger partial charge in [-0.25, -0.2) is 4.98 Å². The summed E-state index contributed by atoms with van der Waals surface area (Å²) in [4.78, 5) is 22.2. The van der Waals surface area contributed by atoms with E-state index < -0.39 is 0 Å². The second kappa shape index (κ2) is 5.85. The van der Waals surface area contributed by atoms with Crippen LogP contribution in [0.5, 0.6) is 0 Å². The molecule has 21 heavy (non-hydrogen) atoms. The molecule has 0 aromatic carbocycles. The van der Waals surface area contributed by atoms with Crippen molar-refractivity contribution in [2.24, 2.45) is 7.05 Å². The third-order valence-corrected chi connectivity index (χ3v) is 4.57. The van der Waals surface area contributed by atoms with Crippen molar-refractivity contribution in [1.82, 2.24) is 19.7 Å². The van der Waals surface area contributed by atoms with Crippen LogP contribution in [0.3, 0.4) is 0 Å². The zero-order valence-electron chi connectivity index (χ0n) is 12.3.